The van der Waals surface area contributed by atoms with Gasteiger partial charge in [0.15, 0.2) is 5.12 Å². The van der Waals surface area contributed by atoms with E-state index in [-0.39, 0.29) is 10.9 Å². The summed E-state index contributed by atoms with van der Waals surface area (Å²) >= 11 is 3.69. The molecule has 0 rings (SSSR count). The SMILES string of the molecule is CCC(C)CC(C(C)=O)C(=O)S. The first-order valence-corrected chi connectivity index (χ1v) is 4.67. The van der Waals surface area contributed by atoms with E-state index in [0.717, 1.165) is 6.42 Å². The Morgan fingerprint density at radius 1 is 1.42 bits per heavy atom. The molecule has 0 aliphatic heterocycles. The molecular formula is C9H16O2S. The first kappa shape index (κ1) is 11.7. The molecular weight excluding hydrogens is 172 g/mol. The number of hydrogen-bond acceptors (Lipinski definition) is 2. The summed E-state index contributed by atoms with van der Waals surface area (Å²) < 4.78 is 0. The Balaban J connectivity index is 4.14. The molecule has 12 heavy (non-hydrogen) atoms. The van der Waals surface area contributed by atoms with Crippen LogP contribution >= 0.6 is 12.6 Å². The molecule has 0 aromatic rings. The smallest absolute Gasteiger partial charge is 0.196 e. The minimum Gasteiger partial charge on any atom is -0.299 e. The normalized spacial score (nSPS) is 15.3. The third-order valence-electron chi connectivity index (χ3n) is 2.12. The van der Waals surface area contributed by atoms with Gasteiger partial charge in [0.2, 0.25) is 0 Å². The van der Waals surface area contributed by atoms with Crippen LogP contribution in [0.2, 0.25) is 0 Å². The van der Waals surface area contributed by atoms with Gasteiger partial charge in [0.25, 0.3) is 0 Å². The molecule has 0 saturated carbocycles. The van der Waals surface area contributed by atoms with Crippen LogP contribution in [0, 0.1) is 11.8 Å². The number of thiol groups is 1. The van der Waals surface area contributed by atoms with E-state index < -0.39 is 5.92 Å². The highest BCUT2D eigenvalue weighted by atomic mass is 32.1. The van der Waals surface area contributed by atoms with Gasteiger partial charge in [-0.2, -0.15) is 0 Å². The Labute approximate surface area is 79.1 Å². The van der Waals surface area contributed by atoms with Gasteiger partial charge in [-0.25, -0.2) is 0 Å². The van der Waals surface area contributed by atoms with Crippen LogP contribution in [-0.2, 0) is 9.59 Å². The summed E-state index contributed by atoms with van der Waals surface area (Å²) in [5, 5.41) is -0.303. The van der Waals surface area contributed by atoms with E-state index in [9.17, 15) is 9.59 Å². The second kappa shape index (κ2) is 5.36. The molecule has 0 aromatic heterocycles. The summed E-state index contributed by atoms with van der Waals surface area (Å²) in [7, 11) is 0. The molecule has 0 aliphatic carbocycles. The molecule has 0 bridgehead atoms. The Kier molecular flexibility index (Phi) is 5.22. The maximum Gasteiger partial charge on any atom is 0.196 e. The minimum atomic E-state index is -0.497. The van der Waals surface area contributed by atoms with Gasteiger partial charge in [0.05, 0.1) is 5.92 Å². The molecule has 3 heteroatoms. The third-order valence-corrected chi connectivity index (χ3v) is 2.44. The van der Waals surface area contributed by atoms with Crippen molar-refractivity contribution in [3.05, 3.63) is 0 Å². The van der Waals surface area contributed by atoms with Crippen molar-refractivity contribution in [3.8, 4) is 0 Å². The highest BCUT2D eigenvalue weighted by molar-refractivity contribution is 7.96. The van der Waals surface area contributed by atoms with Crippen LogP contribution in [0.1, 0.15) is 33.6 Å². The van der Waals surface area contributed by atoms with Crippen molar-refractivity contribution >= 4 is 23.5 Å². The molecule has 70 valence electrons. The molecule has 0 saturated heterocycles. The predicted octanol–water partition coefficient (Wildman–Crippen LogP) is 2.08. The van der Waals surface area contributed by atoms with E-state index in [4.69, 9.17) is 0 Å². The van der Waals surface area contributed by atoms with Gasteiger partial charge in [0.1, 0.15) is 5.78 Å². The summed E-state index contributed by atoms with van der Waals surface area (Å²) in [6, 6.07) is 0. The topological polar surface area (TPSA) is 34.1 Å². The monoisotopic (exact) mass is 188 g/mol. The standard InChI is InChI=1S/C9H16O2S/c1-4-6(2)5-8(7(3)10)9(11)12/h6,8H,4-5H2,1-3H3,(H,11,12). The lowest BCUT2D eigenvalue weighted by Crippen LogP contribution is -2.20. The first-order chi connectivity index (χ1) is 5.49. The third kappa shape index (κ3) is 3.90. The highest BCUT2D eigenvalue weighted by Crippen LogP contribution is 2.17. The van der Waals surface area contributed by atoms with Crippen LogP contribution in [0.3, 0.4) is 0 Å². The molecule has 0 aromatic carbocycles. The summed E-state index contributed by atoms with van der Waals surface area (Å²) in [5.74, 6) is -0.159. The molecule has 2 nitrogen and oxygen atoms in total. The fraction of sp³-hybridized carbons (Fsp3) is 0.778. The predicted molar refractivity (Wildman–Crippen MR) is 52.2 cm³/mol. The molecule has 2 atom stereocenters. The Bertz CT molecular complexity index is 163. The first-order valence-electron chi connectivity index (χ1n) is 4.22. The Morgan fingerprint density at radius 3 is 2.17 bits per heavy atom. The molecule has 0 radical (unpaired) electrons. The lowest BCUT2D eigenvalue weighted by molar-refractivity contribution is -0.127. The van der Waals surface area contributed by atoms with E-state index in [1.165, 1.54) is 6.92 Å². The number of carbonyl (C=O) groups excluding carboxylic acids is 2. The van der Waals surface area contributed by atoms with Gasteiger partial charge >= 0.3 is 0 Å². The van der Waals surface area contributed by atoms with E-state index in [2.05, 4.69) is 12.6 Å². The largest absolute Gasteiger partial charge is 0.299 e. The van der Waals surface area contributed by atoms with Gasteiger partial charge in [-0.05, 0) is 19.3 Å². The number of hydrogen-bond donors (Lipinski definition) is 1. The average Bonchev–Trinajstić information content (AvgIpc) is 1.98. The van der Waals surface area contributed by atoms with E-state index in [1.54, 1.807) is 0 Å². The number of Topliss-reactive ketones (excluding diaryl/α,β-unsaturated/α-hetero) is 1. The summed E-state index contributed by atoms with van der Waals surface area (Å²) in [6.45, 7) is 5.53. The molecule has 0 N–H and O–H groups in total. The molecule has 0 spiro atoms. The van der Waals surface area contributed by atoms with Crippen molar-refractivity contribution in [1.82, 2.24) is 0 Å². The highest BCUT2D eigenvalue weighted by Gasteiger charge is 2.21. The molecule has 0 heterocycles. The van der Waals surface area contributed by atoms with Crippen LogP contribution in [0.4, 0.5) is 0 Å². The zero-order valence-corrected chi connectivity index (χ0v) is 8.73. The van der Waals surface area contributed by atoms with E-state index in [1.807, 2.05) is 13.8 Å². The van der Waals surface area contributed by atoms with E-state index >= 15 is 0 Å². The molecule has 0 amide bonds. The zero-order chi connectivity index (χ0) is 9.72. The van der Waals surface area contributed by atoms with Crippen LogP contribution < -0.4 is 0 Å². The summed E-state index contributed by atoms with van der Waals surface area (Å²) in [4.78, 5) is 21.8. The van der Waals surface area contributed by atoms with Crippen molar-refractivity contribution in [2.45, 2.75) is 33.6 Å². The van der Waals surface area contributed by atoms with Gasteiger partial charge in [0, 0.05) is 0 Å². The van der Waals surface area contributed by atoms with Crippen LogP contribution in [-0.4, -0.2) is 10.9 Å². The lowest BCUT2D eigenvalue weighted by atomic mass is 9.92. The Hall–Kier alpha value is -0.310. The summed E-state index contributed by atoms with van der Waals surface area (Å²) in [6.07, 6.45) is 1.62. The number of ketones is 1. The molecule has 0 fully saturated rings. The van der Waals surface area contributed by atoms with Crippen LogP contribution in [0.5, 0.6) is 0 Å². The minimum absolute atomic E-state index is 0.0738. The van der Waals surface area contributed by atoms with Gasteiger partial charge in [-0.1, -0.05) is 20.3 Å². The van der Waals surface area contributed by atoms with Gasteiger partial charge < -0.3 is 0 Å². The maximum atomic E-state index is 11.0. The lowest BCUT2D eigenvalue weighted by Gasteiger charge is -2.13. The van der Waals surface area contributed by atoms with Crippen molar-refractivity contribution in [1.29, 1.82) is 0 Å². The number of rotatable bonds is 5. The average molecular weight is 188 g/mol. The van der Waals surface area contributed by atoms with Crippen LogP contribution in [0.15, 0.2) is 0 Å². The second-order valence-electron chi connectivity index (χ2n) is 3.25. The summed E-state index contributed by atoms with van der Waals surface area (Å²) in [5.41, 5.74) is 0. The fourth-order valence-electron chi connectivity index (χ4n) is 1.01. The maximum absolute atomic E-state index is 11.0. The van der Waals surface area contributed by atoms with Crippen molar-refractivity contribution in [3.63, 3.8) is 0 Å². The molecule has 2 unspecified atom stereocenters. The van der Waals surface area contributed by atoms with Crippen molar-refractivity contribution < 1.29 is 9.59 Å². The fourth-order valence-corrected chi connectivity index (χ4v) is 1.30. The zero-order valence-electron chi connectivity index (χ0n) is 7.83. The van der Waals surface area contributed by atoms with Gasteiger partial charge in [-0.3, -0.25) is 9.59 Å². The quantitative estimate of drug-likeness (QED) is 0.529. The molecule has 0 aliphatic rings. The van der Waals surface area contributed by atoms with Crippen molar-refractivity contribution in [2.24, 2.45) is 11.8 Å². The van der Waals surface area contributed by atoms with Crippen molar-refractivity contribution in [2.75, 3.05) is 0 Å². The Morgan fingerprint density at radius 2 is 1.92 bits per heavy atom. The number of carbonyl (C=O) groups is 2. The van der Waals surface area contributed by atoms with E-state index in [0.29, 0.717) is 12.3 Å². The second-order valence-corrected chi connectivity index (χ2v) is 3.69. The van der Waals surface area contributed by atoms with Gasteiger partial charge in [-0.15, -0.1) is 12.6 Å². The van der Waals surface area contributed by atoms with Crippen LogP contribution in [0.25, 0.3) is 0 Å².